The van der Waals surface area contributed by atoms with Crippen LogP contribution in [0.25, 0.3) is 0 Å². The number of aromatic nitrogens is 2. The van der Waals surface area contributed by atoms with Crippen molar-refractivity contribution in [2.75, 3.05) is 13.6 Å². The van der Waals surface area contributed by atoms with Crippen molar-refractivity contribution in [3.8, 4) is 0 Å². The monoisotopic (exact) mass is 307 g/mol. The van der Waals surface area contributed by atoms with Crippen LogP contribution >= 0.6 is 0 Å². The van der Waals surface area contributed by atoms with Gasteiger partial charge >= 0.3 is 0 Å². The maximum atomic E-state index is 13.5. The van der Waals surface area contributed by atoms with Crippen molar-refractivity contribution in [1.82, 2.24) is 20.4 Å². The first-order valence-corrected chi connectivity index (χ1v) is 6.96. The summed E-state index contributed by atoms with van der Waals surface area (Å²) >= 11 is 0. The largest absolute Gasteiger partial charge is 0.356 e. The maximum absolute atomic E-state index is 13.5. The van der Waals surface area contributed by atoms with Gasteiger partial charge in [0.15, 0.2) is 5.96 Å². The number of hydrogen-bond acceptors (Lipinski definition) is 2. The highest BCUT2D eigenvalue weighted by Gasteiger charge is 2.08. The predicted molar refractivity (Wildman–Crippen MR) is 81.5 cm³/mol. The molecule has 5 nitrogen and oxygen atoms in total. The van der Waals surface area contributed by atoms with Crippen LogP contribution in [0.4, 0.5) is 8.78 Å². The lowest BCUT2D eigenvalue weighted by molar-refractivity contribution is 0.553. The van der Waals surface area contributed by atoms with Crippen molar-refractivity contribution in [2.24, 2.45) is 12.0 Å². The van der Waals surface area contributed by atoms with Gasteiger partial charge in [0.2, 0.25) is 0 Å². The number of guanidine groups is 1. The molecular weight excluding hydrogens is 288 g/mol. The number of benzene rings is 1. The lowest BCUT2D eigenvalue weighted by Gasteiger charge is -2.12. The van der Waals surface area contributed by atoms with Crippen molar-refractivity contribution >= 4 is 5.96 Å². The second-order valence-corrected chi connectivity index (χ2v) is 4.75. The number of aryl methyl sites for hydroxylation is 1. The summed E-state index contributed by atoms with van der Waals surface area (Å²) < 4.78 is 28.8. The molecule has 0 amide bonds. The molecule has 22 heavy (non-hydrogen) atoms. The van der Waals surface area contributed by atoms with Gasteiger partial charge in [0.1, 0.15) is 11.6 Å². The number of halogens is 2. The van der Waals surface area contributed by atoms with Crippen LogP contribution in [-0.2, 0) is 20.0 Å². The molecule has 1 aromatic heterocycles. The average Bonchev–Trinajstić information content (AvgIpc) is 2.90. The third-order valence-electron chi connectivity index (χ3n) is 3.31. The van der Waals surface area contributed by atoms with E-state index in [1.54, 1.807) is 17.9 Å². The molecule has 0 atom stereocenters. The fourth-order valence-electron chi connectivity index (χ4n) is 2.05. The Hall–Kier alpha value is -2.44. The summed E-state index contributed by atoms with van der Waals surface area (Å²) in [6.07, 6.45) is 1.96. The van der Waals surface area contributed by atoms with Crippen LogP contribution in [0, 0.1) is 11.6 Å². The molecule has 0 aliphatic carbocycles. The Morgan fingerprint density at radius 2 is 1.95 bits per heavy atom. The van der Waals surface area contributed by atoms with Crippen molar-refractivity contribution in [2.45, 2.75) is 13.0 Å². The highest BCUT2D eigenvalue weighted by atomic mass is 19.1. The minimum atomic E-state index is -0.528. The Balaban J connectivity index is 1.83. The van der Waals surface area contributed by atoms with Crippen LogP contribution in [0.15, 0.2) is 35.5 Å². The van der Waals surface area contributed by atoms with Crippen LogP contribution in [0.2, 0.25) is 0 Å². The van der Waals surface area contributed by atoms with E-state index in [0.29, 0.717) is 19.0 Å². The maximum Gasteiger partial charge on any atom is 0.191 e. The summed E-state index contributed by atoms with van der Waals surface area (Å²) in [5.41, 5.74) is 1.08. The molecule has 2 aromatic rings. The highest BCUT2D eigenvalue weighted by molar-refractivity contribution is 5.79. The van der Waals surface area contributed by atoms with Gasteiger partial charge in [-0.05, 0) is 24.6 Å². The molecule has 2 rings (SSSR count). The lowest BCUT2D eigenvalue weighted by atomic mass is 10.1. The summed E-state index contributed by atoms with van der Waals surface area (Å²) in [4.78, 5) is 4.07. The van der Waals surface area contributed by atoms with Gasteiger partial charge in [-0.2, -0.15) is 5.10 Å². The van der Waals surface area contributed by atoms with Crippen LogP contribution < -0.4 is 10.6 Å². The molecule has 0 spiro atoms. The van der Waals surface area contributed by atoms with Gasteiger partial charge in [-0.1, -0.05) is 6.07 Å². The van der Waals surface area contributed by atoms with Gasteiger partial charge in [-0.15, -0.1) is 0 Å². The fourth-order valence-corrected chi connectivity index (χ4v) is 2.05. The zero-order valence-electron chi connectivity index (χ0n) is 12.6. The first-order valence-electron chi connectivity index (χ1n) is 6.96. The standard InChI is InChI=1S/C15H19F2N5/c1-18-15(20-10-11-6-9-21-22(11)2)19-8-7-12-13(16)4-3-5-14(12)17/h3-6,9H,7-8,10H2,1-2H3,(H2,18,19,20). The van der Waals surface area contributed by atoms with E-state index in [0.717, 1.165) is 5.69 Å². The van der Waals surface area contributed by atoms with E-state index in [1.807, 2.05) is 13.1 Å². The Kier molecular flexibility index (Phi) is 5.46. The topological polar surface area (TPSA) is 54.2 Å². The van der Waals surface area contributed by atoms with E-state index in [-0.39, 0.29) is 12.0 Å². The molecule has 1 aromatic carbocycles. The second-order valence-electron chi connectivity index (χ2n) is 4.75. The molecule has 0 fully saturated rings. The number of nitrogens with one attached hydrogen (secondary N) is 2. The summed E-state index contributed by atoms with van der Waals surface area (Å²) in [6, 6.07) is 5.77. The Bertz CT molecular complexity index is 631. The molecule has 0 aliphatic heterocycles. The van der Waals surface area contributed by atoms with E-state index in [2.05, 4.69) is 20.7 Å². The van der Waals surface area contributed by atoms with Gasteiger partial charge < -0.3 is 10.6 Å². The average molecular weight is 307 g/mol. The van der Waals surface area contributed by atoms with E-state index < -0.39 is 11.6 Å². The van der Waals surface area contributed by atoms with Crippen molar-refractivity contribution < 1.29 is 8.78 Å². The van der Waals surface area contributed by atoms with E-state index in [4.69, 9.17) is 0 Å². The molecule has 7 heteroatoms. The molecular formula is C15H19F2N5. The highest BCUT2D eigenvalue weighted by Crippen LogP contribution is 2.11. The molecule has 0 radical (unpaired) electrons. The smallest absolute Gasteiger partial charge is 0.191 e. The van der Waals surface area contributed by atoms with Crippen LogP contribution in [0.3, 0.4) is 0 Å². The first kappa shape index (κ1) is 15.9. The molecule has 0 bridgehead atoms. The van der Waals surface area contributed by atoms with Gasteiger partial charge in [0.05, 0.1) is 12.2 Å². The van der Waals surface area contributed by atoms with E-state index >= 15 is 0 Å². The van der Waals surface area contributed by atoms with Gasteiger partial charge in [-0.25, -0.2) is 8.78 Å². The zero-order valence-corrected chi connectivity index (χ0v) is 12.6. The van der Waals surface area contributed by atoms with E-state index in [1.165, 1.54) is 18.2 Å². The Morgan fingerprint density at radius 1 is 1.23 bits per heavy atom. The van der Waals surface area contributed by atoms with E-state index in [9.17, 15) is 8.78 Å². The Labute approximate surface area is 128 Å². The third kappa shape index (κ3) is 4.03. The molecule has 0 aliphatic rings. The zero-order chi connectivity index (χ0) is 15.9. The number of aliphatic imine (C=N–C) groups is 1. The van der Waals surface area contributed by atoms with Crippen LogP contribution in [0.1, 0.15) is 11.3 Å². The summed E-state index contributed by atoms with van der Waals surface area (Å²) in [5, 5.41) is 10.2. The molecule has 0 saturated carbocycles. The first-order chi connectivity index (χ1) is 10.6. The van der Waals surface area contributed by atoms with Gasteiger partial charge in [0, 0.05) is 32.4 Å². The molecule has 2 N–H and O–H groups in total. The van der Waals surface area contributed by atoms with Gasteiger partial charge in [0.25, 0.3) is 0 Å². The second kappa shape index (κ2) is 7.53. The third-order valence-corrected chi connectivity index (χ3v) is 3.31. The van der Waals surface area contributed by atoms with Crippen molar-refractivity contribution in [3.63, 3.8) is 0 Å². The fraction of sp³-hybridized carbons (Fsp3) is 0.333. The van der Waals surface area contributed by atoms with Crippen LogP contribution in [-0.4, -0.2) is 29.3 Å². The molecule has 0 unspecified atom stereocenters. The molecule has 118 valence electrons. The van der Waals surface area contributed by atoms with Gasteiger partial charge in [-0.3, -0.25) is 9.67 Å². The predicted octanol–water partition coefficient (Wildman–Crippen LogP) is 1.61. The number of hydrogen-bond donors (Lipinski definition) is 2. The normalized spacial score (nSPS) is 11.5. The summed E-state index contributed by atoms with van der Waals surface area (Å²) in [5.74, 6) is -0.489. The lowest BCUT2D eigenvalue weighted by Crippen LogP contribution is -2.38. The van der Waals surface area contributed by atoms with Crippen LogP contribution in [0.5, 0.6) is 0 Å². The Morgan fingerprint density at radius 3 is 2.55 bits per heavy atom. The minimum absolute atomic E-state index is 0.0806. The summed E-state index contributed by atoms with van der Waals surface area (Å²) in [7, 11) is 3.50. The number of nitrogens with zero attached hydrogens (tertiary/aromatic N) is 3. The van der Waals surface area contributed by atoms with Crippen molar-refractivity contribution in [3.05, 3.63) is 53.4 Å². The summed E-state index contributed by atoms with van der Waals surface area (Å²) in [6.45, 7) is 0.938. The molecule has 0 saturated heterocycles. The van der Waals surface area contributed by atoms with Crippen molar-refractivity contribution in [1.29, 1.82) is 0 Å². The minimum Gasteiger partial charge on any atom is -0.356 e. The SMILES string of the molecule is CN=C(NCCc1c(F)cccc1F)NCc1ccnn1C. The molecule has 1 heterocycles. The number of rotatable bonds is 5. The quantitative estimate of drug-likeness (QED) is 0.652.